The van der Waals surface area contributed by atoms with Crippen molar-refractivity contribution in [1.29, 1.82) is 0 Å². The summed E-state index contributed by atoms with van der Waals surface area (Å²) in [6.45, 7) is 7.80. The summed E-state index contributed by atoms with van der Waals surface area (Å²) in [6.07, 6.45) is 56.4. The molecule has 2 unspecified atom stereocenters. The van der Waals surface area contributed by atoms with E-state index in [0.29, 0.717) is 12.0 Å². The number of rotatable bonds is 31. The van der Waals surface area contributed by atoms with Crippen LogP contribution in [-0.2, 0) is 9.47 Å². The Morgan fingerprint density at radius 3 is 1.47 bits per heavy atom. The highest BCUT2D eigenvalue weighted by Gasteiger charge is 2.43. The minimum Gasteiger partial charge on any atom is -0.347 e. The van der Waals surface area contributed by atoms with E-state index in [0.717, 1.165) is 32.3 Å². The Morgan fingerprint density at radius 1 is 0.531 bits per heavy atom. The summed E-state index contributed by atoms with van der Waals surface area (Å²) in [6, 6.07) is 0. The third-order valence-electron chi connectivity index (χ3n) is 10.9. The molecular weight excluding hydrogens is 599 g/mol. The molecule has 2 saturated heterocycles. The Morgan fingerprint density at radius 2 is 0.980 bits per heavy atom. The molecule has 49 heavy (non-hydrogen) atoms. The van der Waals surface area contributed by atoms with Gasteiger partial charge in [-0.15, -0.1) is 0 Å². The fourth-order valence-electron chi connectivity index (χ4n) is 7.60. The Hall–Kier alpha value is -1.16. The van der Waals surface area contributed by atoms with Gasteiger partial charge in [-0.3, -0.25) is 0 Å². The summed E-state index contributed by atoms with van der Waals surface area (Å²) < 4.78 is 13.6. The molecule has 0 aromatic rings. The number of unbranched alkanes of at least 4 members (excludes halogenated alkanes) is 18. The summed E-state index contributed by atoms with van der Waals surface area (Å²) in [5.74, 6) is 0.353. The zero-order valence-corrected chi connectivity index (χ0v) is 33.2. The lowest BCUT2D eigenvalue weighted by molar-refractivity contribution is -0.184. The molecule has 0 radical (unpaired) electrons. The van der Waals surface area contributed by atoms with E-state index in [1.54, 1.807) is 0 Å². The summed E-state index contributed by atoms with van der Waals surface area (Å²) >= 11 is 0. The van der Waals surface area contributed by atoms with Crippen molar-refractivity contribution < 1.29 is 9.47 Å². The van der Waals surface area contributed by atoms with Crippen molar-refractivity contribution in [2.75, 3.05) is 26.7 Å². The van der Waals surface area contributed by atoms with Crippen molar-refractivity contribution in [3.63, 3.8) is 0 Å². The first-order chi connectivity index (χ1) is 24.2. The maximum Gasteiger partial charge on any atom is 0.168 e. The van der Waals surface area contributed by atoms with Crippen LogP contribution in [0.3, 0.4) is 0 Å². The maximum absolute atomic E-state index is 6.96. The van der Waals surface area contributed by atoms with E-state index in [1.807, 2.05) is 0 Å². The van der Waals surface area contributed by atoms with Crippen molar-refractivity contribution >= 4 is 0 Å². The molecule has 2 fully saturated rings. The second kappa shape index (κ2) is 31.6. The van der Waals surface area contributed by atoms with Gasteiger partial charge in [-0.2, -0.15) is 0 Å². The average molecular weight is 682 g/mol. The van der Waals surface area contributed by atoms with Gasteiger partial charge in [0.25, 0.3) is 0 Å². The third-order valence-corrected chi connectivity index (χ3v) is 10.9. The first-order valence-corrected chi connectivity index (χ1v) is 21.8. The predicted octanol–water partition coefficient (Wildman–Crippen LogP) is 14.2. The summed E-state index contributed by atoms with van der Waals surface area (Å²) in [5.41, 5.74) is 0. The molecule has 2 rings (SSSR count). The van der Waals surface area contributed by atoms with Crippen LogP contribution in [0.5, 0.6) is 0 Å². The summed E-state index contributed by atoms with van der Waals surface area (Å²) in [7, 11) is 2.27. The molecule has 2 heterocycles. The monoisotopic (exact) mass is 682 g/mol. The van der Waals surface area contributed by atoms with Crippen molar-refractivity contribution in [2.24, 2.45) is 5.92 Å². The number of hydrogen-bond donors (Lipinski definition) is 0. The van der Waals surface area contributed by atoms with Crippen LogP contribution in [0.15, 0.2) is 48.6 Å². The average Bonchev–Trinajstić information content (AvgIpc) is 3.40. The Balaban J connectivity index is 1.60. The van der Waals surface area contributed by atoms with Crippen LogP contribution in [-0.4, -0.2) is 43.5 Å². The normalized spacial score (nSPS) is 20.6. The van der Waals surface area contributed by atoms with E-state index < -0.39 is 0 Å². The Bertz CT molecular complexity index is 796. The molecule has 0 aromatic carbocycles. The predicted molar refractivity (Wildman–Crippen MR) is 216 cm³/mol. The Labute approximate surface area is 306 Å². The van der Waals surface area contributed by atoms with Gasteiger partial charge < -0.3 is 14.4 Å². The molecule has 0 bridgehead atoms. The molecule has 3 heteroatoms. The van der Waals surface area contributed by atoms with E-state index in [4.69, 9.17) is 9.47 Å². The first kappa shape index (κ1) is 44.0. The lowest BCUT2D eigenvalue weighted by atomic mass is 9.94. The molecule has 0 spiro atoms. The minimum absolute atomic E-state index is 0.306. The lowest BCUT2D eigenvalue weighted by Crippen LogP contribution is -2.33. The summed E-state index contributed by atoms with van der Waals surface area (Å²) in [5, 5.41) is 0. The van der Waals surface area contributed by atoms with Crippen LogP contribution in [0, 0.1) is 5.92 Å². The van der Waals surface area contributed by atoms with Crippen LogP contribution in [0.25, 0.3) is 0 Å². The summed E-state index contributed by atoms with van der Waals surface area (Å²) in [4.78, 5) is 2.50. The van der Waals surface area contributed by atoms with E-state index in [9.17, 15) is 0 Å². The van der Waals surface area contributed by atoms with Gasteiger partial charge in [-0.05, 0) is 122 Å². The van der Waals surface area contributed by atoms with Crippen LogP contribution in [0.2, 0.25) is 0 Å². The minimum atomic E-state index is -0.312. The maximum atomic E-state index is 6.96. The van der Waals surface area contributed by atoms with E-state index in [2.05, 4.69) is 74.4 Å². The molecular formula is C46H83NO2. The van der Waals surface area contributed by atoms with Crippen molar-refractivity contribution in [2.45, 2.75) is 212 Å². The number of ether oxygens (including phenoxy) is 2. The second-order valence-electron chi connectivity index (χ2n) is 15.5. The number of allylic oxidation sites excluding steroid dienone is 8. The molecule has 0 N–H and O–H groups in total. The fraction of sp³-hybridized carbons (Fsp3) is 0.826. The lowest BCUT2D eigenvalue weighted by Gasteiger charge is -2.30. The third kappa shape index (κ3) is 23.8. The van der Waals surface area contributed by atoms with Crippen molar-refractivity contribution in [3.8, 4) is 0 Å². The zero-order valence-electron chi connectivity index (χ0n) is 33.2. The number of hydrogen-bond acceptors (Lipinski definition) is 3. The van der Waals surface area contributed by atoms with Gasteiger partial charge in [0.05, 0.1) is 12.7 Å². The topological polar surface area (TPSA) is 21.7 Å². The molecule has 0 amide bonds. The largest absolute Gasteiger partial charge is 0.347 e. The number of likely N-dealkylation sites (tertiary alicyclic amines) is 1. The van der Waals surface area contributed by atoms with Crippen LogP contribution in [0.4, 0.5) is 0 Å². The molecule has 2 atom stereocenters. The van der Waals surface area contributed by atoms with E-state index in [1.165, 1.54) is 174 Å². The van der Waals surface area contributed by atoms with Crippen LogP contribution >= 0.6 is 0 Å². The van der Waals surface area contributed by atoms with Crippen molar-refractivity contribution in [3.05, 3.63) is 48.6 Å². The molecule has 284 valence electrons. The molecule has 0 aliphatic carbocycles. The highest BCUT2D eigenvalue weighted by molar-refractivity contribution is 4.93. The van der Waals surface area contributed by atoms with Gasteiger partial charge in [-0.25, -0.2) is 0 Å². The first-order valence-electron chi connectivity index (χ1n) is 21.8. The van der Waals surface area contributed by atoms with Crippen molar-refractivity contribution in [1.82, 2.24) is 4.90 Å². The van der Waals surface area contributed by atoms with E-state index >= 15 is 0 Å². The van der Waals surface area contributed by atoms with Gasteiger partial charge in [-0.1, -0.05) is 140 Å². The van der Waals surface area contributed by atoms with Gasteiger partial charge >= 0.3 is 0 Å². The van der Waals surface area contributed by atoms with Crippen LogP contribution in [0.1, 0.15) is 200 Å². The van der Waals surface area contributed by atoms with E-state index in [-0.39, 0.29) is 5.79 Å². The standard InChI is InChI=1S/C46H83NO2/c1-4-6-8-10-12-14-16-18-20-22-24-26-28-30-32-34-39-46(48-43-45(49-46)44-37-36-41-47(3)42-38-44)40-35-33-31-29-27-25-23-21-19-17-15-13-11-9-7-5-2/h12-15,18-21,44-45H,4-11,16-17,22-43H2,1-3H3/b14-12-,15-13-,20-18-,21-19-. The SMILES string of the molecule is CCCCC/C=C\C/C=C\CCCCCCCCC1(CCCCCCCC/C=C\C/C=C\CCCCC)OCC(C2CCCN(C)CC2)O1. The van der Waals surface area contributed by atoms with Gasteiger partial charge in [0, 0.05) is 12.8 Å². The second-order valence-corrected chi connectivity index (χ2v) is 15.5. The molecule has 0 saturated carbocycles. The van der Waals surface area contributed by atoms with Crippen LogP contribution < -0.4 is 0 Å². The molecule has 0 aromatic heterocycles. The Kier molecular flexibility index (Phi) is 28.3. The highest BCUT2D eigenvalue weighted by Crippen LogP contribution is 2.39. The van der Waals surface area contributed by atoms with Gasteiger partial charge in [0.2, 0.25) is 0 Å². The molecule has 2 aliphatic rings. The molecule has 3 nitrogen and oxygen atoms in total. The highest BCUT2D eigenvalue weighted by atomic mass is 16.7. The zero-order chi connectivity index (χ0) is 34.9. The van der Waals surface area contributed by atoms with Gasteiger partial charge in [0.15, 0.2) is 5.79 Å². The molecule has 2 aliphatic heterocycles. The quantitative estimate of drug-likeness (QED) is 0.0537. The smallest absolute Gasteiger partial charge is 0.168 e. The number of nitrogens with zero attached hydrogens (tertiary/aromatic N) is 1. The van der Waals surface area contributed by atoms with Gasteiger partial charge in [0.1, 0.15) is 0 Å². The fourth-order valence-corrected chi connectivity index (χ4v) is 7.60.